The molecule has 3 aromatic carbocycles. The fourth-order valence-electron chi connectivity index (χ4n) is 4.30. The van der Waals surface area contributed by atoms with Crippen LogP contribution < -0.4 is 15.4 Å². The summed E-state index contributed by atoms with van der Waals surface area (Å²) in [5.41, 5.74) is 1.40. The van der Waals surface area contributed by atoms with Crippen LogP contribution in [0.15, 0.2) is 83.8 Å². The molecule has 0 saturated carbocycles. The van der Waals surface area contributed by atoms with Gasteiger partial charge in [-0.2, -0.15) is 13.2 Å². The Bertz CT molecular complexity index is 1510. The summed E-state index contributed by atoms with van der Waals surface area (Å²) in [7, 11) is -3.96. The molecule has 236 valence electrons. The molecule has 44 heavy (non-hydrogen) atoms. The number of hydrogen-bond acceptors (Lipinski definition) is 6. The predicted octanol–water partition coefficient (Wildman–Crippen LogP) is 5.35. The summed E-state index contributed by atoms with van der Waals surface area (Å²) in [6.07, 6.45) is -0.417. The van der Waals surface area contributed by atoms with Crippen molar-refractivity contribution in [2.75, 3.05) is 36.2 Å². The van der Waals surface area contributed by atoms with E-state index in [1.54, 1.807) is 48.5 Å². The number of amides is 2. The number of carboxylic acid groups (broad SMARTS) is 1. The SMILES string of the molecule is O=C(NCCCN1CCCCC1)Nc1ccc(S(=O)(=O)Nc2ccccc2C(=O)c2ccccc2)cc1.O=C(O)C(F)(F)F. The number of anilines is 2. The molecule has 1 fully saturated rings. The number of hydrogen-bond donors (Lipinski definition) is 4. The lowest BCUT2D eigenvalue weighted by atomic mass is 10.0. The molecule has 10 nitrogen and oxygen atoms in total. The van der Waals surface area contributed by atoms with Gasteiger partial charge in [0.1, 0.15) is 0 Å². The molecule has 0 atom stereocenters. The van der Waals surface area contributed by atoms with Gasteiger partial charge in [-0.25, -0.2) is 18.0 Å². The summed E-state index contributed by atoms with van der Waals surface area (Å²) in [5.74, 6) is -3.03. The van der Waals surface area contributed by atoms with Crippen LogP contribution >= 0.6 is 0 Å². The highest BCUT2D eigenvalue weighted by molar-refractivity contribution is 7.92. The summed E-state index contributed by atoms with van der Waals surface area (Å²) >= 11 is 0. The first-order chi connectivity index (χ1) is 20.9. The number of nitrogens with one attached hydrogen (secondary N) is 3. The van der Waals surface area contributed by atoms with Crippen LogP contribution in [0.5, 0.6) is 0 Å². The van der Waals surface area contributed by atoms with Gasteiger partial charge in [-0.15, -0.1) is 0 Å². The van der Waals surface area contributed by atoms with Gasteiger partial charge in [0.2, 0.25) is 0 Å². The van der Waals surface area contributed by atoms with Gasteiger partial charge in [0.25, 0.3) is 10.0 Å². The number of carbonyl (C=O) groups excluding carboxylic acids is 2. The fourth-order valence-corrected chi connectivity index (χ4v) is 5.38. The van der Waals surface area contributed by atoms with Crippen molar-refractivity contribution >= 4 is 39.2 Å². The Morgan fingerprint density at radius 2 is 1.43 bits per heavy atom. The zero-order valence-corrected chi connectivity index (χ0v) is 24.5. The summed E-state index contributed by atoms with van der Waals surface area (Å²) in [5, 5.41) is 12.7. The molecule has 0 spiro atoms. The molecule has 0 aromatic heterocycles. The average Bonchev–Trinajstić information content (AvgIpc) is 3.00. The topological polar surface area (TPSA) is 145 Å². The lowest BCUT2D eigenvalue weighted by Gasteiger charge is -2.26. The molecular formula is C30H33F3N4O6S. The van der Waals surface area contributed by atoms with Crippen molar-refractivity contribution < 1.29 is 41.1 Å². The van der Waals surface area contributed by atoms with Crippen LogP contribution in [0.3, 0.4) is 0 Å². The quantitative estimate of drug-likeness (QED) is 0.174. The van der Waals surface area contributed by atoms with Gasteiger partial charge in [0, 0.05) is 23.4 Å². The Balaban J connectivity index is 0.000000676. The standard InChI is InChI=1S/C28H32N4O4S.C2HF3O2/c33-27(22-10-3-1-4-11-22)25-12-5-6-13-26(25)31-37(35,36)24-16-14-23(15-17-24)30-28(34)29-18-9-21-32-19-7-2-8-20-32;3-2(4,5)1(6)7/h1,3-6,10-17,31H,2,7-9,18-21H2,(H2,29,30,34);(H,6,7). The molecule has 1 heterocycles. The van der Waals surface area contributed by atoms with Crippen molar-refractivity contribution in [3.63, 3.8) is 0 Å². The molecule has 1 aliphatic heterocycles. The van der Waals surface area contributed by atoms with Gasteiger partial charge in [-0.1, -0.05) is 48.9 Å². The Kier molecular flexibility index (Phi) is 12.3. The number of carbonyl (C=O) groups is 3. The second-order valence-electron chi connectivity index (χ2n) is 9.81. The van der Waals surface area contributed by atoms with Gasteiger partial charge in [0.05, 0.1) is 10.6 Å². The Morgan fingerprint density at radius 3 is 2.05 bits per heavy atom. The van der Waals surface area contributed by atoms with E-state index in [-0.39, 0.29) is 28.0 Å². The first-order valence-electron chi connectivity index (χ1n) is 13.8. The molecule has 0 bridgehead atoms. The number of piperidine rings is 1. The van der Waals surface area contributed by atoms with Crippen LogP contribution in [0.2, 0.25) is 0 Å². The van der Waals surface area contributed by atoms with Gasteiger partial charge >= 0.3 is 18.2 Å². The van der Waals surface area contributed by atoms with E-state index in [4.69, 9.17) is 9.90 Å². The van der Waals surface area contributed by atoms with Gasteiger partial charge in [-0.3, -0.25) is 9.52 Å². The maximum absolute atomic E-state index is 13.0. The van der Waals surface area contributed by atoms with Crippen LogP contribution in [-0.2, 0) is 14.8 Å². The second kappa shape index (κ2) is 15.9. The number of rotatable bonds is 10. The monoisotopic (exact) mass is 634 g/mol. The summed E-state index contributed by atoms with van der Waals surface area (Å²) in [4.78, 5) is 36.5. The first kappa shape index (κ1) is 34.1. The zero-order valence-electron chi connectivity index (χ0n) is 23.6. The Hall–Kier alpha value is -4.43. The number of ketones is 1. The zero-order chi connectivity index (χ0) is 32.2. The van der Waals surface area contributed by atoms with Gasteiger partial charge in [-0.05, 0) is 75.3 Å². The molecule has 1 saturated heterocycles. The number of urea groups is 1. The molecule has 0 unspecified atom stereocenters. The minimum atomic E-state index is -5.08. The molecule has 2 amide bonds. The molecule has 0 radical (unpaired) electrons. The minimum absolute atomic E-state index is 0.0157. The molecule has 4 rings (SSSR count). The van der Waals surface area contributed by atoms with Crippen molar-refractivity contribution in [2.45, 2.75) is 36.8 Å². The smallest absolute Gasteiger partial charge is 0.475 e. The number of alkyl halides is 3. The number of benzene rings is 3. The van der Waals surface area contributed by atoms with Crippen molar-refractivity contribution in [2.24, 2.45) is 0 Å². The highest BCUT2D eigenvalue weighted by Gasteiger charge is 2.38. The Labute approximate surface area is 253 Å². The first-order valence-corrected chi connectivity index (χ1v) is 15.2. The summed E-state index contributed by atoms with van der Waals surface area (Å²) in [6, 6.07) is 20.7. The van der Waals surface area contributed by atoms with Crippen molar-refractivity contribution in [3.05, 3.63) is 90.0 Å². The third-order valence-corrected chi connectivity index (χ3v) is 7.88. The molecule has 0 aliphatic carbocycles. The third kappa shape index (κ3) is 10.7. The lowest BCUT2D eigenvalue weighted by molar-refractivity contribution is -0.192. The maximum atomic E-state index is 13.0. The number of nitrogens with zero attached hydrogens (tertiary/aromatic N) is 1. The van der Waals surface area contributed by atoms with Crippen molar-refractivity contribution in [3.8, 4) is 0 Å². The molecule has 1 aliphatic rings. The number of para-hydroxylation sites is 1. The highest BCUT2D eigenvalue weighted by Crippen LogP contribution is 2.23. The van der Waals surface area contributed by atoms with Gasteiger partial charge < -0.3 is 20.6 Å². The van der Waals surface area contributed by atoms with E-state index in [1.807, 2.05) is 6.07 Å². The third-order valence-electron chi connectivity index (χ3n) is 6.50. The summed E-state index contributed by atoms with van der Waals surface area (Å²) < 4.78 is 60.3. The second-order valence-corrected chi connectivity index (χ2v) is 11.5. The number of sulfonamides is 1. The molecule has 14 heteroatoms. The van der Waals surface area contributed by atoms with Crippen LogP contribution in [0.25, 0.3) is 0 Å². The van der Waals surface area contributed by atoms with Crippen molar-refractivity contribution in [1.82, 2.24) is 10.2 Å². The number of carboxylic acids is 1. The van der Waals surface area contributed by atoms with E-state index in [1.165, 1.54) is 43.5 Å². The minimum Gasteiger partial charge on any atom is -0.475 e. The maximum Gasteiger partial charge on any atom is 0.490 e. The fraction of sp³-hybridized carbons (Fsp3) is 0.300. The van der Waals surface area contributed by atoms with E-state index in [0.29, 0.717) is 17.8 Å². The van der Waals surface area contributed by atoms with Crippen LogP contribution in [0, 0.1) is 0 Å². The van der Waals surface area contributed by atoms with Crippen LogP contribution in [-0.4, -0.2) is 68.6 Å². The normalized spacial score (nSPS) is 13.6. The van der Waals surface area contributed by atoms with Crippen molar-refractivity contribution in [1.29, 1.82) is 0 Å². The average molecular weight is 635 g/mol. The van der Waals surface area contributed by atoms with Crippen LogP contribution in [0.4, 0.5) is 29.3 Å². The number of likely N-dealkylation sites (tertiary alicyclic amines) is 1. The molecular weight excluding hydrogens is 601 g/mol. The van der Waals surface area contributed by atoms with Crippen LogP contribution in [0.1, 0.15) is 41.6 Å². The number of halogens is 3. The lowest BCUT2D eigenvalue weighted by Crippen LogP contribution is -2.34. The van der Waals surface area contributed by atoms with E-state index in [2.05, 4.69) is 20.3 Å². The molecule has 3 aromatic rings. The highest BCUT2D eigenvalue weighted by atomic mass is 32.2. The number of aliphatic carboxylic acids is 1. The Morgan fingerprint density at radius 1 is 0.841 bits per heavy atom. The van der Waals surface area contributed by atoms with E-state index in [9.17, 15) is 31.2 Å². The summed E-state index contributed by atoms with van der Waals surface area (Å²) in [6.45, 7) is 3.80. The van der Waals surface area contributed by atoms with Gasteiger partial charge in [0.15, 0.2) is 5.78 Å². The largest absolute Gasteiger partial charge is 0.490 e. The predicted molar refractivity (Wildman–Crippen MR) is 159 cm³/mol. The van der Waals surface area contributed by atoms with E-state index in [0.717, 1.165) is 26.1 Å². The van der Waals surface area contributed by atoms with E-state index >= 15 is 0 Å². The molecule has 4 N–H and O–H groups in total. The van der Waals surface area contributed by atoms with E-state index < -0.39 is 22.2 Å².